The third kappa shape index (κ3) is 2.54. The highest BCUT2D eigenvalue weighted by atomic mass is 32.1. The fraction of sp³-hybridized carbons (Fsp3) is 0.0625. The van der Waals surface area contributed by atoms with Gasteiger partial charge in [-0.2, -0.15) is 9.50 Å². The summed E-state index contributed by atoms with van der Waals surface area (Å²) in [4.78, 5) is 18.5. The molecule has 0 fully saturated rings. The largest absolute Gasteiger partial charge is 0.497 e. The summed E-state index contributed by atoms with van der Waals surface area (Å²) < 4.78 is 7.14. The van der Waals surface area contributed by atoms with E-state index in [1.54, 1.807) is 18.4 Å². The van der Waals surface area contributed by atoms with E-state index < -0.39 is 0 Å². The van der Waals surface area contributed by atoms with E-state index in [0.717, 1.165) is 16.2 Å². The Bertz CT molecular complexity index is 1060. The number of ether oxygens (including phenoxy) is 1. The summed E-state index contributed by atoms with van der Waals surface area (Å²) in [7, 11) is 1.62. The van der Waals surface area contributed by atoms with Gasteiger partial charge in [0.15, 0.2) is 5.82 Å². The van der Waals surface area contributed by atoms with Crippen LogP contribution >= 0.6 is 22.7 Å². The summed E-state index contributed by atoms with van der Waals surface area (Å²) in [6, 6.07) is 11.4. The Hall–Kier alpha value is -2.51. The van der Waals surface area contributed by atoms with Crippen molar-refractivity contribution in [1.29, 1.82) is 0 Å². The van der Waals surface area contributed by atoms with Crippen LogP contribution in [-0.4, -0.2) is 21.7 Å². The van der Waals surface area contributed by atoms with Crippen molar-refractivity contribution in [2.24, 2.45) is 0 Å². The molecule has 0 radical (unpaired) electrons. The van der Waals surface area contributed by atoms with E-state index in [9.17, 15) is 4.79 Å². The summed E-state index contributed by atoms with van der Waals surface area (Å²) in [6.45, 7) is 0. The molecule has 0 amide bonds. The molecular weight excluding hydrogens is 330 g/mol. The Morgan fingerprint density at radius 3 is 2.70 bits per heavy atom. The maximum Gasteiger partial charge on any atom is 0.291 e. The molecule has 5 nitrogen and oxygen atoms in total. The molecule has 0 N–H and O–H groups in total. The van der Waals surface area contributed by atoms with Gasteiger partial charge in [0.25, 0.3) is 5.56 Å². The molecule has 0 unspecified atom stereocenters. The van der Waals surface area contributed by atoms with Gasteiger partial charge in [0.05, 0.1) is 11.6 Å². The SMILES string of the molecule is COc1ccc(-c2nc3s/c(=C/c4cccs4)c(=O)n3n2)cc1. The lowest BCUT2D eigenvalue weighted by Gasteiger charge is -1.99. The predicted molar refractivity (Wildman–Crippen MR) is 92.2 cm³/mol. The standard InChI is InChI=1S/C16H11N3O2S2/c1-21-11-6-4-10(5-7-11)14-17-16-19(18-14)15(20)13(23-16)9-12-3-2-8-22-12/h2-9H,1H3/b13-9+. The van der Waals surface area contributed by atoms with E-state index in [1.165, 1.54) is 15.9 Å². The van der Waals surface area contributed by atoms with Crippen LogP contribution in [0.3, 0.4) is 0 Å². The van der Waals surface area contributed by atoms with Gasteiger partial charge < -0.3 is 4.74 Å². The second kappa shape index (κ2) is 5.60. The Morgan fingerprint density at radius 2 is 2.04 bits per heavy atom. The van der Waals surface area contributed by atoms with Crippen molar-refractivity contribution in [1.82, 2.24) is 14.6 Å². The molecular formula is C16H11N3O2S2. The number of hydrogen-bond donors (Lipinski definition) is 0. The van der Waals surface area contributed by atoms with Gasteiger partial charge in [-0.1, -0.05) is 17.4 Å². The summed E-state index contributed by atoms with van der Waals surface area (Å²) in [6.07, 6.45) is 1.88. The lowest BCUT2D eigenvalue weighted by atomic mass is 10.2. The van der Waals surface area contributed by atoms with Crippen LogP contribution in [0.1, 0.15) is 4.88 Å². The highest BCUT2D eigenvalue weighted by Crippen LogP contribution is 2.20. The molecule has 0 bridgehead atoms. The van der Waals surface area contributed by atoms with Crippen molar-refractivity contribution >= 4 is 33.7 Å². The first kappa shape index (κ1) is 14.1. The maximum absolute atomic E-state index is 12.4. The van der Waals surface area contributed by atoms with E-state index in [4.69, 9.17) is 4.74 Å². The Morgan fingerprint density at radius 1 is 1.22 bits per heavy atom. The monoisotopic (exact) mass is 341 g/mol. The minimum absolute atomic E-state index is 0.134. The fourth-order valence-corrected chi connectivity index (χ4v) is 3.83. The van der Waals surface area contributed by atoms with Gasteiger partial charge in [-0.25, -0.2) is 0 Å². The number of thiazole rings is 1. The smallest absolute Gasteiger partial charge is 0.291 e. The summed E-state index contributed by atoms with van der Waals surface area (Å²) in [5.41, 5.74) is 0.718. The number of aromatic nitrogens is 3. The average Bonchev–Trinajstić information content (AvgIpc) is 3.28. The second-order valence-corrected chi connectivity index (χ2v) is 6.78. The zero-order valence-electron chi connectivity index (χ0n) is 12.1. The van der Waals surface area contributed by atoms with Gasteiger partial charge in [-0.15, -0.1) is 16.4 Å². The molecule has 4 rings (SSSR count). The van der Waals surface area contributed by atoms with Crippen LogP contribution in [0.2, 0.25) is 0 Å². The van der Waals surface area contributed by atoms with E-state index in [-0.39, 0.29) is 5.56 Å². The van der Waals surface area contributed by atoms with E-state index in [0.29, 0.717) is 15.3 Å². The van der Waals surface area contributed by atoms with Crippen LogP contribution in [0.5, 0.6) is 5.75 Å². The second-order valence-electron chi connectivity index (χ2n) is 4.79. The minimum Gasteiger partial charge on any atom is -0.497 e. The number of methoxy groups -OCH3 is 1. The van der Waals surface area contributed by atoms with Crippen molar-refractivity contribution in [3.8, 4) is 17.1 Å². The zero-order chi connectivity index (χ0) is 15.8. The van der Waals surface area contributed by atoms with E-state index in [1.807, 2.05) is 47.9 Å². The van der Waals surface area contributed by atoms with Crippen molar-refractivity contribution in [3.63, 3.8) is 0 Å². The number of fused-ring (bicyclic) bond motifs is 1. The van der Waals surface area contributed by atoms with Crippen molar-refractivity contribution in [2.75, 3.05) is 7.11 Å². The quantitative estimate of drug-likeness (QED) is 0.574. The first-order valence-corrected chi connectivity index (χ1v) is 8.53. The average molecular weight is 341 g/mol. The number of hydrogen-bond acceptors (Lipinski definition) is 6. The summed E-state index contributed by atoms with van der Waals surface area (Å²) in [5.74, 6) is 1.31. The van der Waals surface area contributed by atoms with E-state index in [2.05, 4.69) is 10.1 Å². The third-order valence-corrected chi connectivity index (χ3v) is 5.13. The van der Waals surface area contributed by atoms with Crippen LogP contribution < -0.4 is 14.8 Å². The van der Waals surface area contributed by atoms with Gasteiger partial charge in [-0.3, -0.25) is 4.79 Å². The first-order chi connectivity index (χ1) is 11.2. The molecule has 3 heterocycles. The van der Waals surface area contributed by atoms with Crippen LogP contribution in [-0.2, 0) is 0 Å². The van der Waals surface area contributed by atoms with Crippen molar-refractivity contribution in [3.05, 3.63) is 61.5 Å². The zero-order valence-corrected chi connectivity index (χ0v) is 13.7. The number of nitrogens with zero attached hydrogens (tertiary/aromatic N) is 3. The number of thiophene rings is 1. The van der Waals surface area contributed by atoms with Gasteiger partial charge in [0, 0.05) is 10.4 Å². The molecule has 0 spiro atoms. The van der Waals surface area contributed by atoms with Gasteiger partial charge in [-0.05, 0) is 41.8 Å². The Balaban J connectivity index is 1.79. The predicted octanol–water partition coefficient (Wildman–Crippen LogP) is 2.44. The van der Waals surface area contributed by atoms with Crippen molar-refractivity contribution < 1.29 is 4.74 Å². The third-order valence-electron chi connectivity index (χ3n) is 3.35. The molecule has 114 valence electrons. The molecule has 0 aliphatic carbocycles. The number of rotatable bonds is 3. The molecule has 23 heavy (non-hydrogen) atoms. The number of benzene rings is 1. The van der Waals surface area contributed by atoms with Crippen LogP contribution in [0.25, 0.3) is 22.4 Å². The molecule has 0 aliphatic rings. The van der Waals surface area contributed by atoms with Gasteiger partial charge >= 0.3 is 0 Å². The Labute approximate surface area is 139 Å². The van der Waals surface area contributed by atoms with Gasteiger partial charge in [0.1, 0.15) is 5.75 Å². The summed E-state index contributed by atoms with van der Waals surface area (Å²) >= 11 is 2.94. The maximum atomic E-state index is 12.4. The molecule has 4 aromatic rings. The highest BCUT2D eigenvalue weighted by molar-refractivity contribution is 7.15. The molecule has 0 aliphatic heterocycles. The molecule has 1 aromatic carbocycles. The highest BCUT2D eigenvalue weighted by Gasteiger charge is 2.12. The molecule has 0 saturated heterocycles. The van der Waals surface area contributed by atoms with Crippen molar-refractivity contribution in [2.45, 2.75) is 0 Å². The minimum atomic E-state index is -0.134. The van der Waals surface area contributed by atoms with Crippen LogP contribution in [0, 0.1) is 0 Å². The van der Waals surface area contributed by atoms with Crippen LogP contribution in [0.15, 0.2) is 46.6 Å². The van der Waals surface area contributed by atoms with Crippen LogP contribution in [0.4, 0.5) is 0 Å². The molecule has 0 saturated carbocycles. The normalized spacial score (nSPS) is 12.1. The summed E-state index contributed by atoms with van der Waals surface area (Å²) in [5, 5.41) is 6.32. The molecule has 7 heteroatoms. The fourth-order valence-electron chi connectivity index (χ4n) is 2.20. The first-order valence-electron chi connectivity index (χ1n) is 6.84. The van der Waals surface area contributed by atoms with E-state index >= 15 is 0 Å². The Kier molecular flexibility index (Phi) is 3.44. The molecule has 3 aromatic heterocycles. The lowest BCUT2D eigenvalue weighted by Crippen LogP contribution is -2.23. The van der Waals surface area contributed by atoms with Gasteiger partial charge in [0.2, 0.25) is 4.96 Å². The molecule has 0 atom stereocenters. The lowest BCUT2D eigenvalue weighted by molar-refractivity contribution is 0.415. The topological polar surface area (TPSA) is 56.5 Å².